The zero-order valence-corrected chi connectivity index (χ0v) is 23.2. The van der Waals surface area contributed by atoms with Crippen LogP contribution in [0.5, 0.6) is 5.75 Å². The maximum Gasteiger partial charge on any atom is 0.276 e. The normalized spacial score (nSPS) is 20.9. The summed E-state index contributed by atoms with van der Waals surface area (Å²) in [4.78, 5) is 53.5. The van der Waals surface area contributed by atoms with Gasteiger partial charge in [0.05, 0.1) is 6.04 Å². The topological polar surface area (TPSA) is 122 Å². The summed E-state index contributed by atoms with van der Waals surface area (Å²) >= 11 is 3.42. The molecular weight excluding hydrogens is 580 g/mol. The number of hydrogen-bond donors (Lipinski definition) is 1. The van der Waals surface area contributed by atoms with Gasteiger partial charge in [-0.1, -0.05) is 33.2 Å². The number of nitrogens with zero attached hydrogens (tertiary/aromatic N) is 3. The molecule has 2 atom stereocenters. The Balaban J connectivity index is 1.11. The Morgan fingerprint density at radius 3 is 2.70 bits per heavy atom. The number of nitrogens with one attached hydrogen (secondary N) is 1. The molecule has 6 rings (SSSR count). The summed E-state index contributed by atoms with van der Waals surface area (Å²) in [6.45, 7) is 1.18. The lowest BCUT2D eigenvalue weighted by atomic mass is 10.0. The minimum atomic E-state index is -0.662. The first-order chi connectivity index (χ1) is 19.4. The fraction of sp³-hybridized carbons (Fsp3) is 0.345. The number of benzene rings is 2. The van der Waals surface area contributed by atoms with E-state index in [0.717, 1.165) is 34.9 Å². The molecule has 2 aromatic carbocycles. The number of amides is 4. The third-order valence-corrected chi connectivity index (χ3v) is 8.21. The van der Waals surface area contributed by atoms with Crippen LogP contribution < -0.4 is 10.1 Å². The average Bonchev–Trinajstić information content (AvgIpc) is 3.57. The van der Waals surface area contributed by atoms with Crippen LogP contribution in [-0.2, 0) is 16.1 Å². The van der Waals surface area contributed by atoms with Gasteiger partial charge >= 0.3 is 0 Å². The Labute approximate surface area is 238 Å². The van der Waals surface area contributed by atoms with Crippen LogP contribution in [0.15, 0.2) is 57.5 Å². The molecule has 0 aliphatic carbocycles. The van der Waals surface area contributed by atoms with Crippen LogP contribution in [0.3, 0.4) is 0 Å². The smallest absolute Gasteiger partial charge is 0.276 e. The molecule has 0 spiro atoms. The second-order valence-electron chi connectivity index (χ2n) is 10.3. The molecule has 0 radical (unpaired) electrons. The van der Waals surface area contributed by atoms with Gasteiger partial charge in [-0.05, 0) is 61.6 Å². The fourth-order valence-electron chi connectivity index (χ4n) is 5.55. The summed E-state index contributed by atoms with van der Waals surface area (Å²) in [5, 5.41) is 6.36. The monoisotopic (exact) mass is 606 g/mol. The van der Waals surface area contributed by atoms with Gasteiger partial charge in [0.1, 0.15) is 18.4 Å². The molecule has 40 heavy (non-hydrogen) atoms. The quantitative estimate of drug-likeness (QED) is 0.422. The lowest BCUT2D eigenvalue weighted by molar-refractivity contribution is -0.136. The van der Waals surface area contributed by atoms with E-state index < -0.39 is 11.9 Å². The summed E-state index contributed by atoms with van der Waals surface area (Å²) in [7, 11) is 0. The van der Waals surface area contributed by atoms with E-state index >= 15 is 0 Å². The lowest BCUT2D eigenvalue weighted by Gasteiger charge is -2.35. The number of rotatable bonds is 6. The summed E-state index contributed by atoms with van der Waals surface area (Å²) < 4.78 is 12.5. The van der Waals surface area contributed by atoms with E-state index in [4.69, 9.17) is 9.26 Å². The molecule has 3 aliphatic rings. The van der Waals surface area contributed by atoms with E-state index in [1.165, 1.54) is 4.90 Å². The third-order valence-electron chi connectivity index (χ3n) is 7.68. The maximum atomic E-state index is 13.4. The number of carbonyl (C=O) groups is 4. The van der Waals surface area contributed by atoms with Gasteiger partial charge in [0.2, 0.25) is 11.8 Å². The lowest BCUT2D eigenvalue weighted by Crippen LogP contribution is -2.52. The maximum absolute atomic E-state index is 13.4. The van der Waals surface area contributed by atoms with Crippen LogP contribution in [0, 0.1) is 0 Å². The zero-order chi connectivity index (χ0) is 27.8. The van der Waals surface area contributed by atoms with Crippen molar-refractivity contribution in [3.63, 3.8) is 0 Å². The molecule has 0 bridgehead atoms. The van der Waals surface area contributed by atoms with Crippen LogP contribution in [0.25, 0.3) is 11.3 Å². The molecule has 2 unspecified atom stereocenters. The Morgan fingerprint density at radius 1 is 1.07 bits per heavy atom. The number of aromatic nitrogens is 1. The number of carbonyl (C=O) groups excluding carboxylic acids is 4. The van der Waals surface area contributed by atoms with Gasteiger partial charge in [-0.2, -0.15) is 0 Å². The van der Waals surface area contributed by atoms with Gasteiger partial charge < -0.3 is 19.1 Å². The van der Waals surface area contributed by atoms with Crippen LogP contribution in [0.1, 0.15) is 58.5 Å². The molecule has 10 nitrogen and oxygen atoms in total. The van der Waals surface area contributed by atoms with Crippen molar-refractivity contribution in [2.24, 2.45) is 0 Å². The van der Waals surface area contributed by atoms with Crippen LogP contribution in [0.2, 0.25) is 0 Å². The van der Waals surface area contributed by atoms with E-state index in [0.29, 0.717) is 36.6 Å². The van der Waals surface area contributed by atoms with Crippen molar-refractivity contribution in [1.29, 1.82) is 0 Å². The number of ether oxygens (including phenoxy) is 1. The predicted octanol–water partition coefficient (Wildman–Crippen LogP) is 3.94. The minimum absolute atomic E-state index is 0.135. The molecule has 3 aliphatic heterocycles. The van der Waals surface area contributed by atoms with Crippen LogP contribution in [0.4, 0.5) is 0 Å². The summed E-state index contributed by atoms with van der Waals surface area (Å²) in [5.74, 6) is -0.0553. The van der Waals surface area contributed by atoms with Gasteiger partial charge in [-0.25, -0.2) is 0 Å². The van der Waals surface area contributed by atoms with Crippen molar-refractivity contribution in [2.75, 3.05) is 13.2 Å². The molecule has 4 heterocycles. The second kappa shape index (κ2) is 10.9. The zero-order valence-electron chi connectivity index (χ0n) is 21.6. The van der Waals surface area contributed by atoms with Crippen molar-refractivity contribution >= 4 is 39.6 Å². The number of piperidine rings is 2. The first kappa shape index (κ1) is 26.2. The predicted molar refractivity (Wildman–Crippen MR) is 146 cm³/mol. The molecule has 2 saturated heterocycles. The molecular formula is C29H27BrN4O6. The summed E-state index contributed by atoms with van der Waals surface area (Å²) in [6, 6.07) is 13.7. The molecule has 206 valence electrons. The number of imide groups is 1. The Bertz CT molecular complexity index is 1490. The van der Waals surface area contributed by atoms with Crippen LogP contribution >= 0.6 is 15.9 Å². The van der Waals surface area contributed by atoms with Gasteiger partial charge in [-0.15, -0.1) is 0 Å². The van der Waals surface area contributed by atoms with E-state index in [1.807, 2.05) is 30.3 Å². The number of hydrogen-bond acceptors (Lipinski definition) is 7. The van der Waals surface area contributed by atoms with E-state index in [-0.39, 0.29) is 42.4 Å². The van der Waals surface area contributed by atoms with Gasteiger partial charge in [-0.3, -0.25) is 24.5 Å². The molecule has 1 N–H and O–H groups in total. The molecule has 0 saturated carbocycles. The number of fused-ring (bicyclic) bond motifs is 1. The Morgan fingerprint density at radius 2 is 1.90 bits per heavy atom. The highest BCUT2D eigenvalue weighted by Gasteiger charge is 2.39. The van der Waals surface area contributed by atoms with Crippen LogP contribution in [-0.4, -0.2) is 63.8 Å². The van der Waals surface area contributed by atoms with Gasteiger partial charge in [0, 0.05) is 41.2 Å². The molecule has 3 aromatic rings. The second-order valence-corrected chi connectivity index (χ2v) is 11.2. The highest BCUT2D eigenvalue weighted by atomic mass is 79.9. The van der Waals surface area contributed by atoms with Gasteiger partial charge in [0.25, 0.3) is 11.8 Å². The van der Waals surface area contributed by atoms with E-state index in [1.54, 1.807) is 23.1 Å². The summed E-state index contributed by atoms with van der Waals surface area (Å²) in [6.07, 6.45) is 3.21. The van der Waals surface area contributed by atoms with Gasteiger partial charge in [0.15, 0.2) is 11.5 Å². The van der Waals surface area contributed by atoms with Crippen molar-refractivity contribution in [2.45, 2.75) is 50.7 Å². The van der Waals surface area contributed by atoms with E-state index in [9.17, 15) is 19.2 Å². The van der Waals surface area contributed by atoms with Crippen molar-refractivity contribution in [3.05, 3.63) is 69.8 Å². The standard InChI is InChI=1S/C29H27BrN4O6/c30-19-6-4-17(5-7-19)25-14-23(32-40-25)29(38)33-12-2-1-3-20(33)16-39-21-8-9-22-18(13-21)15-34(28(22)37)24-10-11-26(35)31-27(24)36/h4-9,13-14,20,24H,1-3,10-12,15-16H2,(H,31,35,36). The number of likely N-dealkylation sites (tertiary alicyclic amines) is 1. The Kier molecular flexibility index (Phi) is 7.14. The average molecular weight is 607 g/mol. The molecule has 11 heteroatoms. The largest absolute Gasteiger partial charge is 0.491 e. The highest BCUT2D eigenvalue weighted by Crippen LogP contribution is 2.31. The van der Waals surface area contributed by atoms with Crippen molar-refractivity contribution in [3.8, 4) is 17.1 Å². The molecule has 4 amide bonds. The summed E-state index contributed by atoms with van der Waals surface area (Å²) in [5.41, 5.74) is 2.39. The third kappa shape index (κ3) is 5.13. The first-order valence-corrected chi connectivity index (χ1v) is 14.1. The van der Waals surface area contributed by atoms with E-state index in [2.05, 4.69) is 26.4 Å². The molecule has 2 fully saturated rings. The SMILES string of the molecule is O=C1CCC(N2Cc3cc(OCC4CCCCN4C(=O)c4cc(-c5ccc(Br)cc5)on4)ccc3C2=O)C(=O)N1. The highest BCUT2D eigenvalue weighted by molar-refractivity contribution is 9.10. The Hall–Kier alpha value is -3.99. The first-order valence-electron chi connectivity index (χ1n) is 13.3. The molecule has 1 aromatic heterocycles. The van der Waals surface area contributed by atoms with Crippen molar-refractivity contribution in [1.82, 2.24) is 20.3 Å². The number of halogens is 1. The fourth-order valence-corrected chi connectivity index (χ4v) is 5.81. The minimum Gasteiger partial charge on any atom is -0.491 e. The van der Waals surface area contributed by atoms with Crippen molar-refractivity contribution < 1.29 is 28.4 Å².